The van der Waals surface area contributed by atoms with Gasteiger partial charge in [-0.2, -0.15) is 9.97 Å². The number of nitrogens with two attached hydrogens (primary N) is 1. The normalized spacial score (nSPS) is 19.6. The molecule has 248 valence electrons. The van der Waals surface area contributed by atoms with Crippen molar-refractivity contribution in [3.05, 3.63) is 18.5 Å². The highest BCUT2D eigenvalue weighted by Gasteiger charge is 2.30. The van der Waals surface area contributed by atoms with Gasteiger partial charge in [-0.05, 0) is 38.5 Å². The van der Waals surface area contributed by atoms with Crippen molar-refractivity contribution in [1.82, 2.24) is 35.2 Å². The second kappa shape index (κ2) is 16.1. The Balaban J connectivity index is 1.31. The number of nitrogens with one attached hydrogen (secondary N) is 4. The first-order chi connectivity index (χ1) is 21.5. The number of carbonyl (C=O) groups is 3. The third kappa shape index (κ3) is 10.7. The van der Waals surface area contributed by atoms with Crippen LogP contribution >= 0.6 is 7.75 Å². The summed E-state index contributed by atoms with van der Waals surface area (Å²) in [5.41, 5.74) is 7.26. The SMILES string of the molecule is CO[C@H](CCCCNP(=O)(OCOC(=O)CNC(C)=O)OC[C@@H]1C=C[C@H](n2cnc3c(NC4CC4)nc(N)nc32)C1)NC(C)=O. The molecule has 0 aromatic carbocycles. The Labute approximate surface area is 261 Å². The summed E-state index contributed by atoms with van der Waals surface area (Å²) in [5, 5.41) is 11.2. The number of ether oxygens (including phenoxy) is 2. The van der Waals surface area contributed by atoms with Crippen LogP contribution in [0.15, 0.2) is 18.5 Å². The van der Waals surface area contributed by atoms with E-state index >= 15 is 0 Å². The van der Waals surface area contributed by atoms with Crippen LogP contribution in [0.5, 0.6) is 0 Å². The predicted molar refractivity (Wildman–Crippen MR) is 163 cm³/mol. The van der Waals surface area contributed by atoms with Crippen LogP contribution in [-0.2, 0) is 37.5 Å². The van der Waals surface area contributed by atoms with Crippen LogP contribution in [0.2, 0.25) is 0 Å². The van der Waals surface area contributed by atoms with Gasteiger partial charge < -0.3 is 35.7 Å². The van der Waals surface area contributed by atoms with Crippen LogP contribution in [-0.4, -0.2) is 83.2 Å². The third-order valence-corrected chi connectivity index (χ3v) is 8.64. The molecule has 0 bridgehead atoms. The summed E-state index contributed by atoms with van der Waals surface area (Å²) in [7, 11) is -2.41. The molecule has 2 aromatic heterocycles. The first kappa shape index (κ1) is 34.2. The molecule has 2 aliphatic carbocycles. The Morgan fingerprint density at radius 1 is 1.13 bits per heavy atom. The van der Waals surface area contributed by atoms with Gasteiger partial charge in [-0.1, -0.05) is 12.2 Å². The summed E-state index contributed by atoms with van der Waals surface area (Å²) in [5.74, 6) is -0.683. The Morgan fingerprint density at radius 2 is 1.93 bits per heavy atom. The van der Waals surface area contributed by atoms with Gasteiger partial charge in [0.05, 0.1) is 19.0 Å². The number of methoxy groups -OCH3 is 1. The van der Waals surface area contributed by atoms with Crippen LogP contribution in [0.3, 0.4) is 0 Å². The molecule has 1 fully saturated rings. The number of carbonyl (C=O) groups excluding carboxylic acids is 3. The maximum Gasteiger partial charge on any atom is 0.408 e. The molecule has 45 heavy (non-hydrogen) atoms. The van der Waals surface area contributed by atoms with Crippen LogP contribution in [0.4, 0.5) is 11.8 Å². The van der Waals surface area contributed by atoms with Gasteiger partial charge in [0.1, 0.15) is 12.8 Å². The standard InChI is InChI=1S/C27H42N9O8P/c1-17(37)29-13-23(39)42-16-44-45(40,31-11-5-4-6-22(41-3)32-18(2)38)43-14-19-7-10-21(12-19)36-15-30-24-25(33-20-8-9-20)34-27(28)35-26(24)36/h7,10,15,19-22H,4-6,8-9,11-14,16H2,1-3H3,(H,29,37)(H,31,40)(H,32,38)(H3,28,33,34,35)/t19-,21+,22-,45?/m1/s1. The number of amides is 2. The number of nitrogens with zero attached hydrogens (tertiary/aromatic N) is 4. The Morgan fingerprint density at radius 3 is 2.64 bits per heavy atom. The van der Waals surface area contributed by atoms with E-state index in [1.165, 1.54) is 21.0 Å². The van der Waals surface area contributed by atoms with Gasteiger partial charge in [0.2, 0.25) is 24.6 Å². The molecule has 18 heteroatoms. The van der Waals surface area contributed by atoms with Crippen molar-refractivity contribution < 1.29 is 37.5 Å². The van der Waals surface area contributed by atoms with Gasteiger partial charge in [-0.15, -0.1) is 0 Å². The van der Waals surface area contributed by atoms with Gasteiger partial charge in [-0.3, -0.25) is 23.4 Å². The number of anilines is 2. The molecule has 2 aliphatic rings. The number of imidazole rings is 1. The summed E-state index contributed by atoms with van der Waals surface area (Å²) in [6.45, 7) is 2.01. The number of hydrogen-bond donors (Lipinski definition) is 5. The molecule has 1 unspecified atom stereocenters. The Hall–Kier alpha value is -3.63. The summed E-state index contributed by atoms with van der Waals surface area (Å²) in [6, 6.07) is 0.283. The van der Waals surface area contributed by atoms with Gasteiger partial charge in [-0.25, -0.2) is 14.6 Å². The molecule has 17 nitrogen and oxygen atoms in total. The van der Waals surface area contributed by atoms with Gasteiger partial charge >= 0.3 is 13.7 Å². The summed E-state index contributed by atoms with van der Waals surface area (Å²) < 4.78 is 36.9. The summed E-state index contributed by atoms with van der Waals surface area (Å²) in [6.07, 6.45) is 9.80. The lowest BCUT2D eigenvalue weighted by molar-refractivity contribution is -0.150. The maximum absolute atomic E-state index is 13.6. The van der Waals surface area contributed by atoms with Gasteiger partial charge in [0, 0.05) is 39.5 Å². The zero-order valence-corrected chi connectivity index (χ0v) is 26.6. The van der Waals surface area contributed by atoms with Crippen molar-refractivity contribution in [1.29, 1.82) is 0 Å². The molecule has 0 radical (unpaired) electrons. The molecule has 0 aliphatic heterocycles. The van der Waals surface area contributed by atoms with E-state index in [1.807, 2.05) is 16.7 Å². The van der Waals surface area contributed by atoms with Crippen molar-refractivity contribution >= 4 is 48.5 Å². The van der Waals surface area contributed by atoms with E-state index < -0.39 is 32.6 Å². The predicted octanol–water partition coefficient (Wildman–Crippen LogP) is 1.75. The average Bonchev–Trinajstić information content (AvgIpc) is 3.50. The van der Waals surface area contributed by atoms with Crippen molar-refractivity contribution in [3.63, 3.8) is 0 Å². The smallest absolute Gasteiger partial charge is 0.408 e. The Bertz CT molecular complexity index is 1420. The molecule has 6 N–H and O–H groups in total. The van der Waals surface area contributed by atoms with E-state index in [-0.39, 0.29) is 43.5 Å². The number of hydrogen-bond acceptors (Lipinski definition) is 13. The van der Waals surface area contributed by atoms with Crippen molar-refractivity contribution in [2.24, 2.45) is 5.92 Å². The van der Waals surface area contributed by atoms with Crippen LogP contribution in [0.1, 0.15) is 58.4 Å². The monoisotopic (exact) mass is 651 g/mol. The van der Waals surface area contributed by atoms with Crippen LogP contribution in [0, 0.1) is 5.92 Å². The van der Waals surface area contributed by atoms with E-state index in [0.717, 1.165) is 12.8 Å². The number of rotatable bonds is 19. The lowest BCUT2D eigenvalue weighted by Crippen LogP contribution is -2.34. The minimum Gasteiger partial charge on any atom is -0.437 e. The molecule has 2 amide bonds. The number of nitrogen functional groups attached to an aromatic ring is 1. The molecule has 2 aromatic rings. The van der Waals surface area contributed by atoms with Crippen molar-refractivity contribution in [3.8, 4) is 0 Å². The first-order valence-electron chi connectivity index (χ1n) is 14.8. The number of fused-ring (bicyclic) bond motifs is 1. The highest BCUT2D eigenvalue weighted by Crippen LogP contribution is 2.45. The zero-order chi connectivity index (χ0) is 32.4. The van der Waals surface area contributed by atoms with Crippen molar-refractivity contribution in [2.45, 2.75) is 70.7 Å². The fourth-order valence-corrected chi connectivity index (χ4v) is 5.93. The third-order valence-electron chi connectivity index (χ3n) is 7.09. The molecule has 4 rings (SSSR count). The average molecular weight is 652 g/mol. The highest BCUT2D eigenvalue weighted by atomic mass is 31.2. The van der Waals surface area contributed by atoms with Gasteiger partial charge in [0.25, 0.3) is 0 Å². The van der Waals surface area contributed by atoms with E-state index in [2.05, 4.69) is 36.0 Å². The number of esters is 1. The van der Waals surface area contributed by atoms with Gasteiger partial charge in [0.15, 0.2) is 17.0 Å². The van der Waals surface area contributed by atoms with Crippen molar-refractivity contribution in [2.75, 3.05) is 44.6 Å². The van der Waals surface area contributed by atoms with Crippen LogP contribution < -0.4 is 26.8 Å². The fraction of sp³-hybridized carbons (Fsp3) is 0.630. The van der Waals surface area contributed by atoms with E-state index in [4.69, 9.17) is 24.3 Å². The van der Waals surface area contributed by atoms with Crippen LogP contribution in [0.25, 0.3) is 11.2 Å². The van der Waals surface area contributed by atoms with E-state index in [0.29, 0.717) is 48.7 Å². The number of allylic oxidation sites excluding steroid dienone is 1. The molecular weight excluding hydrogens is 609 g/mol. The quantitative estimate of drug-likeness (QED) is 0.0480. The fourth-order valence-electron chi connectivity index (χ4n) is 4.66. The molecule has 2 heterocycles. The lowest BCUT2D eigenvalue weighted by atomic mass is 10.1. The second-order valence-corrected chi connectivity index (χ2v) is 12.7. The summed E-state index contributed by atoms with van der Waals surface area (Å²) >= 11 is 0. The van der Waals surface area contributed by atoms with E-state index in [9.17, 15) is 18.9 Å². The summed E-state index contributed by atoms with van der Waals surface area (Å²) in [4.78, 5) is 47.5. The minimum absolute atomic E-state index is 0.0592. The topological polar surface area (TPSA) is 223 Å². The lowest BCUT2D eigenvalue weighted by Gasteiger charge is -2.21. The van der Waals surface area contributed by atoms with E-state index in [1.54, 1.807) is 6.33 Å². The number of unbranched alkanes of at least 4 members (excludes halogenated alkanes) is 1. The first-order valence-corrected chi connectivity index (χ1v) is 16.4. The second-order valence-electron chi connectivity index (χ2n) is 10.9. The molecule has 4 atom stereocenters. The Kier molecular flexibility index (Phi) is 12.2. The highest BCUT2D eigenvalue weighted by molar-refractivity contribution is 7.51. The maximum atomic E-state index is 13.6. The number of aromatic nitrogens is 4. The zero-order valence-electron chi connectivity index (χ0n) is 25.7. The molecule has 0 spiro atoms. The molecule has 0 saturated heterocycles. The minimum atomic E-state index is -3.91. The molecular formula is C27H42N9O8P. The molecule has 1 saturated carbocycles. The largest absolute Gasteiger partial charge is 0.437 e.